The Balaban J connectivity index is 2.85. The zero-order valence-electron chi connectivity index (χ0n) is 5.11. The Kier molecular flexibility index (Phi) is 1.38. The number of cyclic esters (lactones) is 1. The molecule has 2 atom stereocenters. The predicted molar refractivity (Wildman–Crippen MR) is 25.4 cm³/mol. The maximum atomic E-state index is 12.3. The minimum absolute atomic E-state index is 0.956. The van der Waals surface area contributed by atoms with Gasteiger partial charge in [0.05, 0.1) is 0 Å². The molecule has 2 nitrogen and oxygen atoms in total. The van der Waals surface area contributed by atoms with E-state index in [1.165, 1.54) is 0 Å². The molecular weight excluding hydrogens is 149 g/mol. The van der Waals surface area contributed by atoms with Gasteiger partial charge in [-0.05, 0) is 6.92 Å². The highest BCUT2D eigenvalue weighted by Crippen LogP contribution is 2.34. The highest BCUT2D eigenvalue weighted by molar-refractivity contribution is 5.78. The molecule has 10 heavy (non-hydrogen) atoms. The minimum Gasteiger partial charge on any atom is -0.454 e. The third kappa shape index (κ3) is 0.767. The fourth-order valence-corrected chi connectivity index (χ4v) is 0.676. The summed E-state index contributed by atoms with van der Waals surface area (Å²) in [6.07, 6.45) is -4.43. The number of carbonyl (C=O) groups excluding carboxylic acids is 1. The SMILES string of the molecule is CC1OC(=O)C(F)C1(F)F. The van der Waals surface area contributed by atoms with E-state index in [4.69, 9.17) is 0 Å². The van der Waals surface area contributed by atoms with Gasteiger partial charge < -0.3 is 4.74 Å². The molecule has 0 aromatic rings. The second kappa shape index (κ2) is 1.87. The molecule has 1 aliphatic rings. The Labute approximate surface area is 55.0 Å². The average molecular weight is 154 g/mol. The Morgan fingerprint density at radius 3 is 2.20 bits per heavy atom. The number of halogens is 3. The summed E-state index contributed by atoms with van der Waals surface area (Å²) in [5, 5.41) is 0. The van der Waals surface area contributed by atoms with Crippen molar-refractivity contribution in [3.05, 3.63) is 0 Å². The lowest BCUT2D eigenvalue weighted by Gasteiger charge is -2.11. The molecule has 1 heterocycles. The van der Waals surface area contributed by atoms with Crippen LogP contribution in [-0.2, 0) is 9.53 Å². The van der Waals surface area contributed by atoms with Crippen molar-refractivity contribution in [3.8, 4) is 0 Å². The number of hydrogen-bond donors (Lipinski definition) is 0. The summed E-state index contributed by atoms with van der Waals surface area (Å²) in [5.41, 5.74) is 0. The molecule has 2 unspecified atom stereocenters. The van der Waals surface area contributed by atoms with E-state index in [0.29, 0.717) is 0 Å². The van der Waals surface area contributed by atoms with Gasteiger partial charge in [-0.3, -0.25) is 0 Å². The molecule has 0 radical (unpaired) electrons. The highest BCUT2D eigenvalue weighted by Gasteiger charge is 2.58. The summed E-state index contributed by atoms with van der Waals surface area (Å²) in [6.45, 7) is 0.956. The van der Waals surface area contributed by atoms with Crippen LogP contribution >= 0.6 is 0 Å². The lowest BCUT2D eigenvalue weighted by atomic mass is 10.2. The first-order valence-electron chi connectivity index (χ1n) is 2.68. The highest BCUT2D eigenvalue weighted by atomic mass is 19.3. The zero-order valence-corrected chi connectivity index (χ0v) is 5.11. The molecular formula is C5H5F3O2. The maximum Gasteiger partial charge on any atom is 0.347 e. The van der Waals surface area contributed by atoms with Gasteiger partial charge in [0.1, 0.15) is 0 Å². The van der Waals surface area contributed by atoms with Crippen molar-refractivity contribution in [2.24, 2.45) is 0 Å². The molecule has 0 aliphatic carbocycles. The molecule has 0 aromatic heterocycles. The first-order valence-corrected chi connectivity index (χ1v) is 2.68. The molecule has 0 N–H and O–H groups in total. The molecule has 1 saturated heterocycles. The summed E-state index contributed by atoms with van der Waals surface area (Å²) < 4.78 is 40.6. The van der Waals surface area contributed by atoms with Crippen molar-refractivity contribution in [2.75, 3.05) is 0 Å². The lowest BCUT2D eigenvalue weighted by Crippen LogP contribution is -2.34. The maximum absolute atomic E-state index is 12.3. The van der Waals surface area contributed by atoms with Crippen LogP contribution in [0.25, 0.3) is 0 Å². The number of ether oxygens (including phenoxy) is 1. The second-order valence-corrected chi connectivity index (χ2v) is 2.12. The van der Waals surface area contributed by atoms with Crippen LogP contribution in [0.1, 0.15) is 6.92 Å². The fourth-order valence-electron chi connectivity index (χ4n) is 0.676. The van der Waals surface area contributed by atoms with E-state index in [9.17, 15) is 18.0 Å². The standard InChI is InChI=1S/C5H5F3O2/c1-2-5(7,8)3(6)4(9)10-2/h2-3H,1H3. The van der Waals surface area contributed by atoms with E-state index in [2.05, 4.69) is 4.74 Å². The fraction of sp³-hybridized carbons (Fsp3) is 0.800. The van der Waals surface area contributed by atoms with Crippen LogP contribution in [0.15, 0.2) is 0 Å². The van der Waals surface area contributed by atoms with Crippen molar-refractivity contribution < 1.29 is 22.7 Å². The van der Waals surface area contributed by atoms with Crippen molar-refractivity contribution in [3.63, 3.8) is 0 Å². The van der Waals surface area contributed by atoms with Crippen LogP contribution in [0.3, 0.4) is 0 Å². The summed E-state index contributed by atoms with van der Waals surface area (Å²) in [4.78, 5) is 10.1. The van der Waals surface area contributed by atoms with Crippen LogP contribution in [0.5, 0.6) is 0 Å². The third-order valence-electron chi connectivity index (χ3n) is 1.38. The predicted octanol–water partition coefficient (Wildman–Crippen LogP) is 0.905. The Bertz CT molecular complexity index is 168. The minimum atomic E-state index is -3.66. The van der Waals surface area contributed by atoms with E-state index in [1.807, 2.05) is 0 Å². The van der Waals surface area contributed by atoms with E-state index in [1.54, 1.807) is 0 Å². The van der Waals surface area contributed by atoms with Crippen molar-refractivity contribution >= 4 is 5.97 Å². The Hall–Kier alpha value is -0.740. The summed E-state index contributed by atoms with van der Waals surface area (Å²) in [5.74, 6) is -5.13. The molecule has 0 amide bonds. The summed E-state index contributed by atoms with van der Waals surface area (Å²) in [7, 11) is 0. The number of rotatable bonds is 0. The van der Waals surface area contributed by atoms with Gasteiger partial charge in [-0.25, -0.2) is 9.18 Å². The quantitative estimate of drug-likeness (QED) is 0.484. The molecule has 0 spiro atoms. The lowest BCUT2D eigenvalue weighted by molar-refractivity contribution is -0.144. The number of hydrogen-bond acceptors (Lipinski definition) is 2. The monoisotopic (exact) mass is 154 g/mol. The molecule has 5 heteroatoms. The van der Waals surface area contributed by atoms with E-state index >= 15 is 0 Å². The summed E-state index contributed by atoms with van der Waals surface area (Å²) in [6, 6.07) is 0. The van der Waals surface area contributed by atoms with E-state index in [-0.39, 0.29) is 0 Å². The molecule has 1 aliphatic heterocycles. The number of carbonyl (C=O) groups is 1. The Morgan fingerprint density at radius 1 is 1.60 bits per heavy atom. The molecule has 58 valence electrons. The first kappa shape index (κ1) is 7.37. The van der Waals surface area contributed by atoms with Crippen molar-refractivity contribution in [1.82, 2.24) is 0 Å². The second-order valence-electron chi connectivity index (χ2n) is 2.12. The Morgan fingerprint density at radius 2 is 2.10 bits per heavy atom. The van der Waals surface area contributed by atoms with E-state index in [0.717, 1.165) is 6.92 Å². The first-order chi connectivity index (χ1) is 4.46. The van der Waals surface area contributed by atoms with Gasteiger partial charge in [-0.1, -0.05) is 0 Å². The van der Waals surface area contributed by atoms with Crippen LogP contribution in [-0.4, -0.2) is 24.2 Å². The average Bonchev–Trinajstić information content (AvgIpc) is 1.97. The van der Waals surface area contributed by atoms with Gasteiger partial charge in [0.25, 0.3) is 6.17 Å². The topological polar surface area (TPSA) is 26.3 Å². The largest absolute Gasteiger partial charge is 0.454 e. The van der Waals surface area contributed by atoms with Gasteiger partial charge in [-0.2, -0.15) is 8.78 Å². The van der Waals surface area contributed by atoms with Gasteiger partial charge in [-0.15, -0.1) is 0 Å². The third-order valence-corrected chi connectivity index (χ3v) is 1.38. The van der Waals surface area contributed by atoms with Crippen molar-refractivity contribution in [1.29, 1.82) is 0 Å². The van der Waals surface area contributed by atoms with Crippen LogP contribution in [0, 0.1) is 0 Å². The van der Waals surface area contributed by atoms with Gasteiger partial charge in [0.2, 0.25) is 0 Å². The molecule has 1 rings (SSSR count). The van der Waals surface area contributed by atoms with Gasteiger partial charge in [0.15, 0.2) is 6.10 Å². The van der Waals surface area contributed by atoms with Crippen LogP contribution in [0.4, 0.5) is 13.2 Å². The van der Waals surface area contributed by atoms with E-state index < -0.39 is 24.2 Å². The van der Waals surface area contributed by atoms with Crippen molar-refractivity contribution in [2.45, 2.75) is 25.1 Å². The zero-order chi connectivity index (χ0) is 7.94. The van der Waals surface area contributed by atoms with Gasteiger partial charge in [0, 0.05) is 0 Å². The molecule has 0 saturated carbocycles. The van der Waals surface area contributed by atoms with Crippen LogP contribution in [0.2, 0.25) is 0 Å². The molecule has 0 aromatic carbocycles. The molecule has 0 bridgehead atoms. The number of esters is 1. The van der Waals surface area contributed by atoms with Gasteiger partial charge >= 0.3 is 11.9 Å². The number of alkyl halides is 3. The molecule has 1 fully saturated rings. The normalized spacial score (nSPS) is 37.8. The van der Waals surface area contributed by atoms with Crippen LogP contribution < -0.4 is 0 Å². The summed E-state index contributed by atoms with van der Waals surface area (Å²) >= 11 is 0. The smallest absolute Gasteiger partial charge is 0.347 e.